The second kappa shape index (κ2) is 9.18. The molecule has 4 aromatic rings. The van der Waals surface area contributed by atoms with Crippen LogP contribution in [0.2, 0.25) is 5.02 Å². The Morgan fingerprint density at radius 1 is 1.12 bits per heavy atom. The van der Waals surface area contributed by atoms with Gasteiger partial charge in [0.2, 0.25) is 0 Å². The number of hydrogen-bond acceptors (Lipinski definition) is 7. The van der Waals surface area contributed by atoms with Gasteiger partial charge in [-0.25, -0.2) is 19.5 Å². The summed E-state index contributed by atoms with van der Waals surface area (Å²) in [5, 5.41) is 0.927. The van der Waals surface area contributed by atoms with Crippen molar-refractivity contribution >= 4 is 38.5 Å². The Bertz CT molecular complexity index is 1490. The van der Waals surface area contributed by atoms with Crippen LogP contribution in [0.5, 0.6) is 11.8 Å². The van der Waals surface area contributed by atoms with Gasteiger partial charge in [0, 0.05) is 42.9 Å². The minimum Gasteiger partial charge on any atom is -0.424 e. The third-order valence-corrected chi connectivity index (χ3v) is 6.44. The summed E-state index contributed by atoms with van der Waals surface area (Å²) in [6.07, 6.45) is 3.28. The van der Waals surface area contributed by atoms with Gasteiger partial charge in [0.1, 0.15) is 11.3 Å². The van der Waals surface area contributed by atoms with E-state index in [1.54, 1.807) is 48.8 Å². The summed E-state index contributed by atoms with van der Waals surface area (Å²) >= 11 is 6.43. The van der Waals surface area contributed by atoms with Crippen LogP contribution in [0, 0.1) is 6.92 Å². The maximum absolute atomic E-state index is 12.8. The first-order chi connectivity index (χ1) is 15.8. The smallest absolute Gasteiger partial charge is 0.340 e. The van der Waals surface area contributed by atoms with E-state index in [4.69, 9.17) is 20.8 Å². The van der Waals surface area contributed by atoms with Crippen molar-refractivity contribution in [3.8, 4) is 11.8 Å². The normalized spacial score (nSPS) is 11.5. The molecule has 2 heterocycles. The molecule has 2 aromatic carbocycles. The summed E-state index contributed by atoms with van der Waals surface area (Å²) < 4.78 is 39.3. The predicted molar refractivity (Wildman–Crippen MR) is 125 cm³/mol. The molecular formula is C22H19ClN4O5S. The van der Waals surface area contributed by atoms with Crippen LogP contribution in [0.4, 0.5) is 5.69 Å². The highest BCUT2D eigenvalue weighted by Crippen LogP contribution is 2.31. The van der Waals surface area contributed by atoms with Crippen molar-refractivity contribution in [3.05, 3.63) is 87.0 Å². The van der Waals surface area contributed by atoms with E-state index in [1.165, 1.54) is 13.1 Å². The van der Waals surface area contributed by atoms with Crippen molar-refractivity contribution in [2.75, 3.05) is 11.8 Å². The highest BCUT2D eigenvalue weighted by atomic mass is 35.5. The molecular weight excluding hydrogens is 468 g/mol. The summed E-state index contributed by atoms with van der Waals surface area (Å²) in [7, 11) is -2.46. The average Bonchev–Trinajstić information content (AvgIpc) is 2.79. The largest absolute Gasteiger partial charge is 0.424 e. The van der Waals surface area contributed by atoms with Gasteiger partial charge < -0.3 is 9.15 Å². The van der Waals surface area contributed by atoms with Gasteiger partial charge in [-0.2, -0.15) is 8.42 Å². The number of fused-ring (bicyclic) bond motifs is 1. The van der Waals surface area contributed by atoms with Crippen LogP contribution in [0.1, 0.15) is 16.7 Å². The fourth-order valence-corrected chi connectivity index (χ4v) is 4.12. The Kier molecular flexibility index (Phi) is 6.32. The zero-order valence-corrected chi connectivity index (χ0v) is 19.2. The number of anilines is 1. The zero-order chi connectivity index (χ0) is 23.6. The van der Waals surface area contributed by atoms with Gasteiger partial charge >= 0.3 is 11.6 Å². The first kappa shape index (κ1) is 22.7. The molecule has 4 rings (SSSR count). The van der Waals surface area contributed by atoms with Crippen molar-refractivity contribution in [3.63, 3.8) is 0 Å². The van der Waals surface area contributed by atoms with E-state index < -0.39 is 15.8 Å². The van der Waals surface area contributed by atoms with Crippen LogP contribution in [0.25, 0.3) is 11.0 Å². The lowest BCUT2D eigenvalue weighted by atomic mass is 9.99. The molecule has 0 spiro atoms. The van der Waals surface area contributed by atoms with Gasteiger partial charge in [0.25, 0.3) is 10.2 Å². The van der Waals surface area contributed by atoms with Crippen LogP contribution in [0.3, 0.4) is 0 Å². The molecule has 0 amide bonds. The third-order valence-electron chi connectivity index (χ3n) is 4.97. The molecule has 0 saturated heterocycles. The Morgan fingerprint density at radius 2 is 1.88 bits per heavy atom. The summed E-state index contributed by atoms with van der Waals surface area (Å²) in [6.45, 7) is 1.82. The lowest BCUT2D eigenvalue weighted by molar-refractivity contribution is 0.440. The van der Waals surface area contributed by atoms with Crippen LogP contribution < -0.4 is 19.8 Å². The highest BCUT2D eigenvalue weighted by molar-refractivity contribution is 7.90. The van der Waals surface area contributed by atoms with E-state index in [0.29, 0.717) is 22.5 Å². The fourth-order valence-electron chi connectivity index (χ4n) is 3.27. The molecule has 2 N–H and O–H groups in total. The lowest BCUT2D eigenvalue weighted by Gasteiger charge is -2.13. The van der Waals surface area contributed by atoms with Gasteiger partial charge in [-0.1, -0.05) is 23.7 Å². The molecule has 0 unspecified atom stereocenters. The van der Waals surface area contributed by atoms with E-state index in [9.17, 15) is 13.2 Å². The van der Waals surface area contributed by atoms with E-state index in [0.717, 1.165) is 10.9 Å². The molecule has 33 heavy (non-hydrogen) atoms. The molecule has 0 aliphatic rings. The standard InChI is InChI=1S/C22H19ClN4O5S/c1-13-16-8-7-15(31-22-25-9-4-10-26-22)12-19(16)32-21(28)17(13)11-14-5-3-6-18(20(14)23)27-33(29,30)24-2/h3-10,12,24,27H,11H2,1-2H3. The Morgan fingerprint density at radius 3 is 2.61 bits per heavy atom. The fraction of sp³-hybridized carbons (Fsp3) is 0.136. The first-order valence-electron chi connectivity index (χ1n) is 9.77. The second-order valence-electron chi connectivity index (χ2n) is 7.05. The van der Waals surface area contributed by atoms with Crippen molar-refractivity contribution in [1.29, 1.82) is 0 Å². The molecule has 170 valence electrons. The number of halogens is 1. The lowest BCUT2D eigenvalue weighted by Crippen LogP contribution is -2.26. The minimum absolute atomic E-state index is 0.161. The number of nitrogens with one attached hydrogen (secondary N) is 2. The second-order valence-corrected chi connectivity index (χ2v) is 9.05. The van der Waals surface area contributed by atoms with Crippen LogP contribution in [-0.2, 0) is 16.6 Å². The van der Waals surface area contributed by atoms with E-state index >= 15 is 0 Å². The summed E-state index contributed by atoms with van der Waals surface area (Å²) in [4.78, 5) is 20.8. The molecule has 0 saturated carbocycles. The number of ether oxygens (including phenoxy) is 1. The number of aromatic nitrogens is 2. The van der Waals surface area contributed by atoms with E-state index in [-0.39, 0.29) is 23.1 Å². The third kappa shape index (κ3) is 4.98. The number of aryl methyl sites for hydroxylation is 1. The van der Waals surface area contributed by atoms with Crippen molar-refractivity contribution in [2.45, 2.75) is 13.3 Å². The quantitative estimate of drug-likeness (QED) is 0.381. The monoisotopic (exact) mass is 486 g/mol. The molecule has 0 atom stereocenters. The molecule has 0 bridgehead atoms. The van der Waals surface area contributed by atoms with Gasteiger partial charge in [-0.15, -0.1) is 0 Å². The van der Waals surface area contributed by atoms with Gasteiger partial charge in [0.15, 0.2) is 0 Å². The number of rotatable bonds is 7. The average molecular weight is 487 g/mol. The number of nitrogens with zero attached hydrogens (tertiary/aromatic N) is 2. The van der Waals surface area contributed by atoms with Crippen LogP contribution in [-0.4, -0.2) is 25.4 Å². The molecule has 0 fully saturated rings. The zero-order valence-electron chi connectivity index (χ0n) is 17.6. The molecule has 2 aromatic heterocycles. The Labute approximate surface area is 194 Å². The summed E-state index contributed by atoms with van der Waals surface area (Å²) in [5.74, 6) is 0.427. The summed E-state index contributed by atoms with van der Waals surface area (Å²) in [6, 6.07) is 11.9. The van der Waals surface area contributed by atoms with Gasteiger partial charge in [0.05, 0.1) is 10.7 Å². The van der Waals surface area contributed by atoms with Gasteiger partial charge in [-0.3, -0.25) is 4.72 Å². The SMILES string of the molecule is CNS(=O)(=O)Nc1cccc(Cc2c(C)c3ccc(Oc4ncccn4)cc3oc2=O)c1Cl. The minimum atomic E-state index is -3.74. The Balaban J connectivity index is 1.68. The van der Waals surface area contributed by atoms with Crippen LogP contribution >= 0.6 is 11.6 Å². The molecule has 11 heteroatoms. The summed E-state index contributed by atoms with van der Waals surface area (Å²) in [5.41, 5.74) is 1.75. The van der Waals surface area contributed by atoms with Crippen molar-refractivity contribution in [1.82, 2.24) is 14.7 Å². The maximum Gasteiger partial charge on any atom is 0.340 e. The highest BCUT2D eigenvalue weighted by Gasteiger charge is 2.17. The van der Waals surface area contributed by atoms with Crippen molar-refractivity contribution < 1.29 is 17.6 Å². The van der Waals surface area contributed by atoms with E-state index in [1.807, 2.05) is 6.92 Å². The number of hydrogen-bond donors (Lipinski definition) is 2. The van der Waals surface area contributed by atoms with Crippen molar-refractivity contribution in [2.24, 2.45) is 0 Å². The topological polar surface area (TPSA) is 123 Å². The molecule has 0 radical (unpaired) electrons. The van der Waals surface area contributed by atoms with Crippen LogP contribution in [0.15, 0.2) is 64.1 Å². The molecule has 0 aliphatic carbocycles. The maximum atomic E-state index is 12.8. The predicted octanol–water partition coefficient (Wildman–Crippen LogP) is 3.80. The molecule has 9 nitrogen and oxygen atoms in total. The first-order valence-corrected chi connectivity index (χ1v) is 11.6. The molecule has 0 aliphatic heterocycles. The van der Waals surface area contributed by atoms with Gasteiger partial charge in [-0.05, 0) is 42.3 Å². The Hall–Kier alpha value is -3.47. The van der Waals surface area contributed by atoms with E-state index in [2.05, 4.69) is 19.4 Å². The number of benzene rings is 2.